The van der Waals surface area contributed by atoms with Gasteiger partial charge in [0.25, 0.3) is 5.88 Å². The number of aromatic nitrogens is 2. The van der Waals surface area contributed by atoms with E-state index in [1.807, 2.05) is 24.3 Å². The summed E-state index contributed by atoms with van der Waals surface area (Å²) in [7, 11) is 1.40. The van der Waals surface area contributed by atoms with Crippen LogP contribution in [0.4, 0.5) is 10.6 Å². The predicted octanol–water partition coefficient (Wildman–Crippen LogP) is 1.24. The molecule has 2 rings (SSSR count). The first-order valence-electron chi connectivity index (χ1n) is 5.36. The lowest BCUT2D eigenvalue weighted by atomic mass is 10.3. The molecule has 7 nitrogen and oxygen atoms in total. The van der Waals surface area contributed by atoms with Crippen LogP contribution in [0, 0.1) is 11.3 Å². The molecule has 3 N–H and O–H groups in total. The lowest BCUT2D eigenvalue weighted by Gasteiger charge is -2.06. The number of para-hydroxylation sites is 1. The van der Waals surface area contributed by atoms with E-state index in [0.29, 0.717) is 5.69 Å². The zero-order chi connectivity index (χ0) is 13.8. The molecule has 0 spiro atoms. The number of primary amides is 1. The van der Waals surface area contributed by atoms with E-state index in [9.17, 15) is 4.79 Å². The molecule has 0 bridgehead atoms. The second-order valence-electron chi connectivity index (χ2n) is 3.58. The van der Waals surface area contributed by atoms with Crippen LogP contribution in [0.1, 0.15) is 5.56 Å². The number of ether oxygens (including phenoxy) is 1. The van der Waals surface area contributed by atoms with E-state index in [4.69, 9.17) is 15.7 Å². The highest BCUT2D eigenvalue weighted by Crippen LogP contribution is 2.27. The minimum Gasteiger partial charge on any atom is -0.479 e. The van der Waals surface area contributed by atoms with Crippen LogP contribution in [0.3, 0.4) is 0 Å². The van der Waals surface area contributed by atoms with Crippen LogP contribution in [0.15, 0.2) is 30.3 Å². The average molecular weight is 257 g/mol. The summed E-state index contributed by atoms with van der Waals surface area (Å²) < 4.78 is 6.41. The summed E-state index contributed by atoms with van der Waals surface area (Å²) in [5.41, 5.74) is 5.89. The first-order chi connectivity index (χ1) is 9.17. The highest BCUT2D eigenvalue weighted by Gasteiger charge is 2.20. The number of nitrogens with one attached hydrogen (secondary N) is 1. The van der Waals surface area contributed by atoms with Crippen molar-refractivity contribution in [1.82, 2.24) is 9.78 Å². The Morgan fingerprint density at radius 1 is 1.47 bits per heavy atom. The molecule has 0 saturated carbocycles. The van der Waals surface area contributed by atoms with Gasteiger partial charge >= 0.3 is 6.03 Å². The second kappa shape index (κ2) is 5.10. The fourth-order valence-corrected chi connectivity index (χ4v) is 1.63. The van der Waals surface area contributed by atoms with Crippen LogP contribution >= 0.6 is 0 Å². The first kappa shape index (κ1) is 12.4. The number of carbonyl (C=O) groups excluding carboxylic acids is 1. The van der Waals surface area contributed by atoms with Crippen molar-refractivity contribution in [3.05, 3.63) is 35.9 Å². The maximum absolute atomic E-state index is 11.0. The van der Waals surface area contributed by atoms with Gasteiger partial charge in [0.1, 0.15) is 6.07 Å². The number of benzene rings is 1. The van der Waals surface area contributed by atoms with Crippen molar-refractivity contribution >= 4 is 11.8 Å². The van der Waals surface area contributed by atoms with E-state index < -0.39 is 6.03 Å². The first-order valence-corrected chi connectivity index (χ1v) is 5.36. The second-order valence-corrected chi connectivity index (χ2v) is 3.58. The maximum Gasteiger partial charge on any atom is 0.317 e. The monoisotopic (exact) mass is 257 g/mol. The zero-order valence-corrected chi connectivity index (χ0v) is 10.1. The molecule has 0 aliphatic rings. The number of anilines is 1. The molecule has 0 radical (unpaired) electrons. The molecule has 0 atom stereocenters. The molecule has 0 fully saturated rings. The lowest BCUT2D eigenvalue weighted by Crippen LogP contribution is -2.22. The van der Waals surface area contributed by atoms with E-state index in [1.54, 1.807) is 12.1 Å². The third kappa shape index (κ3) is 2.32. The van der Waals surface area contributed by atoms with E-state index in [-0.39, 0.29) is 17.3 Å². The molecule has 19 heavy (non-hydrogen) atoms. The van der Waals surface area contributed by atoms with Crippen LogP contribution in [0.25, 0.3) is 5.69 Å². The average Bonchev–Trinajstić information content (AvgIpc) is 2.76. The number of rotatable bonds is 3. The normalized spacial score (nSPS) is 9.68. The molecule has 1 aromatic heterocycles. The van der Waals surface area contributed by atoms with Crippen LogP contribution in [0.5, 0.6) is 5.88 Å². The quantitative estimate of drug-likeness (QED) is 0.862. The van der Waals surface area contributed by atoms with Gasteiger partial charge in [0.2, 0.25) is 0 Å². The minimum absolute atomic E-state index is 0.116. The van der Waals surface area contributed by atoms with Gasteiger partial charge in [0.05, 0.1) is 12.8 Å². The Bertz CT molecular complexity index is 642. The van der Waals surface area contributed by atoms with Gasteiger partial charge in [0.15, 0.2) is 11.4 Å². The summed E-state index contributed by atoms with van der Waals surface area (Å²) in [5, 5.41) is 15.6. The van der Waals surface area contributed by atoms with Crippen LogP contribution in [-0.4, -0.2) is 22.9 Å². The largest absolute Gasteiger partial charge is 0.479 e. The SMILES string of the molecule is COc1nn(-c2ccccc2)c(NC(N)=O)c1C#N. The molecule has 1 heterocycles. The van der Waals surface area contributed by atoms with Crippen LogP contribution in [0.2, 0.25) is 0 Å². The van der Waals surface area contributed by atoms with Crippen molar-refractivity contribution in [2.24, 2.45) is 5.73 Å². The van der Waals surface area contributed by atoms with E-state index in [2.05, 4.69) is 10.4 Å². The summed E-state index contributed by atoms with van der Waals surface area (Å²) in [6.45, 7) is 0. The highest BCUT2D eigenvalue weighted by atomic mass is 16.5. The number of nitrogens with zero attached hydrogens (tertiary/aromatic N) is 3. The van der Waals surface area contributed by atoms with E-state index in [1.165, 1.54) is 11.8 Å². The molecular formula is C12H11N5O2. The van der Waals surface area contributed by atoms with E-state index in [0.717, 1.165) is 0 Å². The number of amides is 2. The van der Waals surface area contributed by atoms with E-state index >= 15 is 0 Å². The summed E-state index contributed by atoms with van der Waals surface area (Å²) in [6, 6.07) is 10.2. The fourth-order valence-electron chi connectivity index (χ4n) is 1.63. The summed E-state index contributed by atoms with van der Waals surface area (Å²) in [5.74, 6) is 0.299. The molecule has 2 aromatic rings. The Morgan fingerprint density at radius 2 is 2.16 bits per heavy atom. The number of hydrogen-bond acceptors (Lipinski definition) is 4. The third-order valence-electron chi connectivity index (χ3n) is 2.40. The smallest absolute Gasteiger partial charge is 0.317 e. The van der Waals surface area contributed by atoms with Gasteiger partial charge in [-0.1, -0.05) is 18.2 Å². The van der Waals surface area contributed by atoms with Gasteiger partial charge in [-0.05, 0) is 12.1 Å². The Balaban J connectivity index is 2.63. The maximum atomic E-state index is 11.0. The number of carbonyl (C=O) groups is 1. The number of nitriles is 1. The minimum atomic E-state index is -0.781. The van der Waals surface area contributed by atoms with Crippen molar-refractivity contribution in [3.8, 4) is 17.6 Å². The Labute approximate surface area is 109 Å². The zero-order valence-electron chi connectivity index (χ0n) is 10.1. The summed E-state index contributed by atoms with van der Waals surface area (Å²) in [4.78, 5) is 11.0. The highest BCUT2D eigenvalue weighted by molar-refractivity contribution is 5.89. The number of nitrogens with two attached hydrogens (primary N) is 1. The van der Waals surface area contributed by atoms with Crippen molar-refractivity contribution in [1.29, 1.82) is 5.26 Å². The van der Waals surface area contributed by atoms with Gasteiger partial charge < -0.3 is 10.5 Å². The molecular weight excluding hydrogens is 246 g/mol. The molecule has 96 valence electrons. The summed E-state index contributed by atoms with van der Waals surface area (Å²) >= 11 is 0. The molecule has 0 saturated heterocycles. The third-order valence-corrected chi connectivity index (χ3v) is 2.40. The van der Waals surface area contributed by atoms with Crippen LogP contribution < -0.4 is 15.8 Å². The molecule has 2 amide bonds. The number of methoxy groups -OCH3 is 1. The molecule has 0 aliphatic heterocycles. The van der Waals surface area contributed by atoms with Crippen molar-refractivity contribution in [3.63, 3.8) is 0 Å². The van der Waals surface area contributed by atoms with Gasteiger partial charge in [-0.15, -0.1) is 5.10 Å². The van der Waals surface area contributed by atoms with Crippen molar-refractivity contribution < 1.29 is 9.53 Å². The summed E-state index contributed by atoms with van der Waals surface area (Å²) in [6.07, 6.45) is 0. The fraction of sp³-hybridized carbons (Fsp3) is 0.0833. The Morgan fingerprint density at radius 3 is 2.68 bits per heavy atom. The van der Waals surface area contributed by atoms with Gasteiger partial charge in [-0.2, -0.15) is 5.26 Å². The van der Waals surface area contributed by atoms with Crippen LogP contribution in [-0.2, 0) is 0 Å². The van der Waals surface area contributed by atoms with Crippen molar-refractivity contribution in [2.75, 3.05) is 12.4 Å². The van der Waals surface area contributed by atoms with Gasteiger partial charge in [0, 0.05) is 0 Å². The topological polar surface area (TPSA) is 106 Å². The Hall–Kier alpha value is -3.01. The molecule has 1 aromatic carbocycles. The standard InChI is InChI=1S/C12H11N5O2/c1-19-11-9(7-13)10(15-12(14)18)17(16-11)8-5-3-2-4-6-8/h2-6H,1H3,(H3,14,15,18). The predicted molar refractivity (Wildman–Crippen MR) is 68.0 cm³/mol. The number of hydrogen-bond donors (Lipinski definition) is 2. The molecule has 0 unspecified atom stereocenters. The van der Waals surface area contributed by atoms with Gasteiger partial charge in [-0.25, -0.2) is 9.48 Å². The molecule has 0 aliphatic carbocycles. The number of urea groups is 1. The Kier molecular flexibility index (Phi) is 3.34. The lowest BCUT2D eigenvalue weighted by molar-refractivity contribution is 0.259. The van der Waals surface area contributed by atoms with Crippen molar-refractivity contribution in [2.45, 2.75) is 0 Å². The molecule has 7 heteroatoms. The van der Waals surface area contributed by atoms with Gasteiger partial charge in [-0.3, -0.25) is 5.32 Å².